The molecule has 1 aromatic carbocycles. The van der Waals surface area contributed by atoms with Crippen LogP contribution in [0.1, 0.15) is 16.8 Å². The number of benzene rings is 1. The van der Waals surface area contributed by atoms with Gasteiger partial charge in [-0.15, -0.1) is 0 Å². The molecule has 6 heteroatoms. The fourth-order valence-electron chi connectivity index (χ4n) is 1.64. The zero-order valence-corrected chi connectivity index (χ0v) is 10.3. The van der Waals surface area contributed by atoms with E-state index in [0.29, 0.717) is 11.3 Å². The fourth-order valence-corrected chi connectivity index (χ4v) is 1.64. The summed E-state index contributed by atoms with van der Waals surface area (Å²) in [5.41, 5.74) is 0.774. The number of aromatic nitrogens is 2. The quantitative estimate of drug-likeness (QED) is 0.826. The first-order valence-corrected chi connectivity index (χ1v) is 5.38. The van der Waals surface area contributed by atoms with E-state index in [-0.39, 0.29) is 17.2 Å². The molecule has 0 aliphatic heterocycles. The van der Waals surface area contributed by atoms with Gasteiger partial charge in [-0.3, -0.25) is 0 Å². The minimum Gasteiger partial charge on any atom is -0.438 e. The van der Waals surface area contributed by atoms with Crippen LogP contribution in [0.5, 0.6) is 11.6 Å². The molecule has 1 heterocycles. The van der Waals surface area contributed by atoms with Crippen molar-refractivity contribution in [3.63, 3.8) is 0 Å². The number of hydrogen-bond acceptors (Lipinski definition) is 4. The SMILES string of the molecule is Cc1nn(C)c(Oc2ccc(C#N)c(F)c2)c1C#N. The van der Waals surface area contributed by atoms with E-state index >= 15 is 0 Å². The third-order valence-electron chi connectivity index (χ3n) is 2.56. The van der Waals surface area contributed by atoms with Gasteiger partial charge in [0.25, 0.3) is 0 Å². The lowest BCUT2D eigenvalue weighted by atomic mass is 10.2. The van der Waals surface area contributed by atoms with Crippen LogP contribution in [0.4, 0.5) is 4.39 Å². The summed E-state index contributed by atoms with van der Waals surface area (Å²) in [6, 6.07) is 7.59. The molecule has 1 aromatic heterocycles. The predicted octanol–water partition coefficient (Wildman–Crippen LogP) is 2.40. The van der Waals surface area contributed by atoms with Crippen LogP contribution in [0.3, 0.4) is 0 Å². The number of rotatable bonds is 2. The van der Waals surface area contributed by atoms with Gasteiger partial charge in [0.15, 0.2) is 0 Å². The molecule has 0 saturated carbocycles. The highest BCUT2D eigenvalue weighted by molar-refractivity contribution is 5.45. The lowest BCUT2D eigenvalue weighted by molar-refractivity contribution is 0.426. The first kappa shape index (κ1) is 12.6. The first-order valence-electron chi connectivity index (χ1n) is 5.38. The van der Waals surface area contributed by atoms with Gasteiger partial charge in [-0.1, -0.05) is 0 Å². The Bertz CT molecular complexity index is 721. The molecule has 2 rings (SSSR count). The van der Waals surface area contributed by atoms with Crippen molar-refractivity contribution in [2.24, 2.45) is 7.05 Å². The molecular weight excluding hydrogens is 247 g/mol. The summed E-state index contributed by atoms with van der Waals surface area (Å²) >= 11 is 0. The predicted molar refractivity (Wildman–Crippen MR) is 63.8 cm³/mol. The van der Waals surface area contributed by atoms with Crippen molar-refractivity contribution < 1.29 is 9.13 Å². The van der Waals surface area contributed by atoms with Crippen molar-refractivity contribution in [1.82, 2.24) is 9.78 Å². The topological polar surface area (TPSA) is 74.6 Å². The van der Waals surface area contributed by atoms with Crippen molar-refractivity contribution in [3.8, 4) is 23.8 Å². The Labute approximate surface area is 109 Å². The average Bonchev–Trinajstić information content (AvgIpc) is 2.64. The van der Waals surface area contributed by atoms with E-state index in [0.717, 1.165) is 6.07 Å². The first-order chi connectivity index (χ1) is 9.06. The van der Waals surface area contributed by atoms with E-state index in [9.17, 15) is 4.39 Å². The zero-order valence-electron chi connectivity index (χ0n) is 10.3. The summed E-state index contributed by atoms with van der Waals surface area (Å²) in [4.78, 5) is 0. The van der Waals surface area contributed by atoms with Crippen LogP contribution in [0, 0.1) is 35.4 Å². The second-order valence-corrected chi connectivity index (χ2v) is 3.86. The second kappa shape index (κ2) is 4.79. The van der Waals surface area contributed by atoms with Crippen molar-refractivity contribution in [2.75, 3.05) is 0 Å². The molecule has 0 fully saturated rings. The van der Waals surface area contributed by atoms with Crippen LogP contribution in [-0.2, 0) is 7.05 Å². The molecule has 0 amide bonds. The Morgan fingerprint density at radius 2 is 2.05 bits per heavy atom. The fraction of sp³-hybridized carbons (Fsp3) is 0.154. The lowest BCUT2D eigenvalue weighted by Crippen LogP contribution is -1.97. The Morgan fingerprint density at radius 1 is 1.32 bits per heavy atom. The second-order valence-electron chi connectivity index (χ2n) is 3.86. The number of nitrogens with zero attached hydrogens (tertiary/aromatic N) is 4. The van der Waals surface area contributed by atoms with Gasteiger partial charge >= 0.3 is 0 Å². The van der Waals surface area contributed by atoms with Gasteiger partial charge < -0.3 is 4.74 Å². The summed E-state index contributed by atoms with van der Waals surface area (Å²) < 4.78 is 20.3. The number of hydrogen-bond donors (Lipinski definition) is 0. The minimum atomic E-state index is -0.669. The van der Waals surface area contributed by atoms with Gasteiger partial charge in [0.2, 0.25) is 5.88 Å². The van der Waals surface area contributed by atoms with Crippen molar-refractivity contribution in [3.05, 3.63) is 40.8 Å². The number of nitriles is 2. The van der Waals surface area contributed by atoms with Crippen LogP contribution >= 0.6 is 0 Å². The van der Waals surface area contributed by atoms with E-state index in [1.165, 1.54) is 16.8 Å². The molecule has 2 aromatic rings. The molecule has 5 nitrogen and oxygen atoms in total. The maximum atomic E-state index is 13.5. The Morgan fingerprint density at radius 3 is 2.63 bits per heavy atom. The smallest absolute Gasteiger partial charge is 0.235 e. The molecule has 0 aliphatic rings. The molecule has 0 atom stereocenters. The van der Waals surface area contributed by atoms with Crippen LogP contribution in [0.15, 0.2) is 18.2 Å². The van der Waals surface area contributed by atoms with Gasteiger partial charge in [-0.25, -0.2) is 9.07 Å². The number of halogens is 1. The molecule has 0 N–H and O–H groups in total. The molecule has 0 radical (unpaired) electrons. The molecule has 0 bridgehead atoms. The summed E-state index contributed by atoms with van der Waals surface area (Å²) in [5, 5.41) is 21.7. The third kappa shape index (κ3) is 2.24. The summed E-state index contributed by atoms with van der Waals surface area (Å²) in [7, 11) is 1.63. The van der Waals surface area contributed by atoms with E-state index in [2.05, 4.69) is 5.10 Å². The molecule has 94 valence electrons. The lowest BCUT2D eigenvalue weighted by Gasteiger charge is -2.06. The van der Waals surface area contributed by atoms with Crippen LogP contribution in [-0.4, -0.2) is 9.78 Å². The Hall–Kier alpha value is -2.86. The summed E-state index contributed by atoms with van der Waals surface area (Å²) in [6.45, 7) is 1.69. The average molecular weight is 256 g/mol. The van der Waals surface area contributed by atoms with Gasteiger partial charge in [0.1, 0.15) is 29.3 Å². The van der Waals surface area contributed by atoms with Gasteiger partial charge in [-0.2, -0.15) is 15.6 Å². The summed E-state index contributed by atoms with van der Waals surface area (Å²) in [5.74, 6) is -0.225. The molecule has 19 heavy (non-hydrogen) atoms. The van der Waals surface area contributed by atoms with Crippen molar-refractivity contribution in [1.29, 1.82) is 10.5 Å². The molecule has 0 saturated heterocycles. The molecule has 0 aliphatic carbocycles. The van der Waals surface area contributed by atoms with E-state index in [1.807, 2.05) is 6.07 Å². The highest BCUT2D eigenvalue weighted by atomic mass is 19.1. The Balaban J connectivity index is 2.40. The zero-order chi connectivity index (χ0) is 14.0. The molecule has 0 spiro atoms. The standard InChI is InChI=1S/C13H9FN4O/c1-8-11(7-16)13(18(2)17-8)19-10-4-3-9(6-15)12(14)5-10/h3-5H,1-2H3. The van der Waals surface area contributed by atoms with E-state index in [1.54, 1.807) is 20.0 Å². The third-order valence-corrected chi connectivity index (χ3v) is 2.56. The minimum absolute atomic E-state index is 0.0611. The van der Waals surface area contributed by atoms with Crippen LogP contribution in [0.2, 0.25) is 0 Å². The van der Waals surface area contributed by atoms with Gasteiger partial charge in [-0.05, 0) is 19.1 Å². The van der Waals surface area contributed by atoms with Crippen LogP contribution in [0.25, 0.3) is 0 Å². The maximum Gasteiger partial charge on any atom is 0.235 e. The van der Waals surface area contributed by atoms with Gasteiger partial charge in [0.05, 0.1) is 11.3 Å². The van der Waals surface area contributed by atoms with Gasteiger partial charge in [0, 0.05) is 13.1 Å². The van der Waals surface area contributed by atoms with Crippen LogP contribution < -0.4 is 4.74 Å². The summed E-state index contributed by atoms with van der Waals surface area (Å²) in [6.07, 6.45) is 0. The largest absolute Gasteiger partial charge is 0.438 e. The van der Waals surface area contributed by atoms with Crippen molar-refractivity contribution in [2.45, 2.75) is 6.92 Å². The normalized spacial score (nSPS) is 9.74. The molecular formula is C13H9FN4O. The van der Waals surface area contributed by atoms with Crippen molar-refractivity contribution >= 4 is 0 Å². The van der Waals surface area contributed by atoms with E-state index < -0.39 is 5.82 Å². The van der Waals surface area contributed by atoms with E-state index in [4.69, 9.17) is 15.3 Å². The highest BCUT2D eigenvalue weighted by Gasteiger charge is 2.15. The highest BCUT2D eigenvalue weighted by Crippen LogP contribution is 2.27. The molecule has 0 unspecified atom stereocenters. The Kier molecular flexibility index (Phi) is 3.17. The monoisotopic (exact) mass is 256 g/mol. The number of aryl methyl sites for hydroxylation is 2. The maximum absolute atomic E-state index is 13.5. The number of ether oxygens (including phenoxy) is 1.